The molecule has 8 aromatic carbocycles. The van der Waals surface area contributed by atoms with Gasteiger partial charge in [-0.1, -0.05) is 140 Å². The summed E-state index contributed by atoms with van der Waals surface area (Å²) in [4.78, 5) is 0. The van der Waals surface area contributed by atoms with E-state index in [1.165, 1.54) is 74.6 Å². The van der Waals surface area contributed by atoms with Gasteiger partial charge in [0, 0.05) is 42.2 Å². The lowest BCUT2D eigenvalue weighted by Gasteiger charge is -2.19. The number of hydrogen-bond donors (Lipinski definition) is 0. The number of benzene rings is 8. The van der Waals surface area contributed by atoms with Gasteiger partial charge in [-0.25, -0.2) is 0 Å². The van der Waals surface area contributed by atoms with Crippen LogP contribution in [0.25, 0.3) is 97.0 Å². The van der Waals surface area contributed by atoms with Crippen molar-refractivity contribution in [1.29, 1.82) is 0 Å². The molecule has 0 aliphatic carbocycles. The van der Waals surface area contributed by atoms with Gasteiger partial charge in [-0.2, -0.15) is 0 Å². The fraction of sp³-hybridized carbons (Fsp3) is 0. The van der Waals surface area contributed by atoms with Crippen LogP contribution < -0.4 is 0 Å². The van der Waals surface area contributed by atoms with Crippen LogP contribution in [0.1, 0.15) is 0 Å². The van der Waals surface area contributed by atoms with E-state index in [1.54, 1.807) is 0 Å². The minimum atomic E-state index is 0.891. The third kappa shape index (κ3) is 3.68. The van der Waals surface area contributed by atoms with Gasteiger partial charge in [0.15, 0.2) is 0 Å². The quantitative estimate of drug-likeness (QED) is 0.183. The van der Waals surface area contributed by atoms with Crippen molar-refractivity contribution in [1.82, 2.24) is 0 Å². The summed E-state index contributed by atoms with van der Waals surface area (Å²) in [6.45, 7) is 0. The number of fused-ring (bicyclic) bond motifs is 8. The Bertz CT molecular complexity index is 2740. The molecule has 46 heavy (non-hydrogen) atoms. The van der Waals surface area contributed by atoms with Gasteiger partial charge in [0.05, 0.1) is 0 Å². The molecule has 10 aromatic rings. The van der Waals surface area contributed by atoms with Crippen LogP contribution in [-0.2, 0) is 0 Å². The summed E-state index contributed by atoms with van der Waals surface area (Å²) in [6, 6.07) is 57.0. The molecule has 0 N–H and O–H groups in total. The first-order valence-corrected chi connectivity index (χ1v) is 16.5. The second-order valence-electron chi connectivity index (χ2n) is 12.0. The Balaban J connectivity index is 1.39. The molecule has 0 fully saturated rings. The molecule has 2 aromatic heterocycles. The largest absolute Gasteiger partial charge is 0.455 e. The molecule has 0 bridgehead atoms. The second kappa shape index (κ2) is 9.90. The lowest BCUT2D eigenvalue weighted by atomic mass is 9.84. The maximum atomic E-state index is 6.92. The fourth-order valence-electron chi connectivity index (χ4n) is 7.46. The molecule has 0 spiro atoms. The van der Waals surface area contributed by atoms with E-state index in [1.807, 2.05) is 11.3 Å². The highest BCUT2D eigenvalue weighted by Crippen LogP contribution is 2.50. The molecule has 2 heteroatoms. The van der Waals surface area contributed by atoms with Crippen LogP contribution >= 0.6 is 11.3 Å². The van der Waals surface area contributed by atoms with Gasteiger partial charge in [0.1, 0.15) is 11.3 Å². The Hall–Kier alpha value is -5.70. The predicted molar refractivity (Wildman–Crippen MR) is 198 cm³/mol. The first kappa shape index (κ1) is 25.6. The monoisotopic (exact) mass is 602 g/mol. The molecule has 0 amide bonds. The highest BCUT2D eigenvalue weighted by Gasteiger charge is 2.23. The van der Waals surface area contributed by atoms with Gasteiger partial charge >= 0.3 is 0 Å². The molecule has 0 atom stereocenters. The van der Waals surface area contributed by atoms with Crippen molar-refractivity contribution in [3.05, 3.63) is 158 Å². The Morgan fingerprint density at radius 1 is 0.391 bits per heavy atom. The van der Waals surface area contributed by atoms with Crippen molar-refractivity contribution in [2.45, 2.75) is 0 Å². The lowest BCUT2D eigenvalue weighted by molar-refractivity contribution is 0.633. The molecule has 0 radical (unpaired) electrons. The molecular formula is C44H26OS. The Labute approximate surface area is 269 Å². The zero-order valence-electron chi connectivity index (χ0n) is 24.8. The summed E-state index contributed by atoms with van der Waals surface area (Å²) in [6.07, 6.45) is 0. The predicted octanol–water partition coefficient (Wildman–Crippen LogP) is 13.3. The lowest BCUT2D eigenvalue weighted by Crippen LogP contribution is -1.92. The highest BCUT2D eigenvalue weighted by atomic mass is 32.1. The van der Waals surface area contributed by atoms with Crippen molar-refractivity contribution in [2.24, 2.45) is 0 Å². The number of rotatable bonds is 3. The van der Waals surface area contributed by atoms with Crippen LogP contribution in [0, 0.1) is 0 Å². The van der Waals surface area contributed by atoms with E-state index in [2.05, 4.69) is 158 Å². The van der Waals surface area contributed by atoms with E-state index < -0.39 is 0 Å². The fourth-order valence-corrected chi connectivity index (χ4v) is 8.66. The van der Waals surface area contributed by atoms with E-state index >= 15 is 0 Å². The van der Waals surface area contributed by atoms with Crippen molar-refractivity contribution >= 4 is 74.8 Å². The van der Waals surface area contributed by atoms with E-state index in [0.29, 0.717) is 0 Å². The van der Waals surface area contributed by atoms with Crippen LogP contribution in [0.5, 0.6) is 0 Å². The van der Waals surface area contributed by atoms with Gasteiger partial charge in [-0.15, -0.1) is 11.3 Å². The summed E-state index contributed by atoms with van der Waals surface area (Å²) in [5.74, 6) is 0.891. The summed E-state index contributed by atoms with van der Waals surface area (Å²) < 4.78 is 9.48. The molecule has 0 aliphatic heterocycles. The number of thiophene rings is 1. The topological polar surface area (TPSA) is 13.1 Å². The SMILES string of the molecule is c1ccc(-c2cc3c(o2)c(-c2c4ccccc4c(-c4cccc5ccccc45)c4ccccc24)cc2c4ccccc4sc32)cc1. The maximum Gasteiger partial charge on any atom is 0.144 e. The van der Waals surface area contributed by atoms with Gasteiger partial charge in [0.2, 0.25) is 0 Å². The van der Waals surface area contributed by atoms with Crippen molar-refractivity contribution in [3.8, 4) is 33.6 Å². The molecule has 0 saturated heterocycles. The minimum absolute atomic E-state index is 0.891. The molecule has 0 saturated carbocycles. The Morgan fingerprint density at radius 3 is 1.67 bits per heavy atom. The highest BCUT2D eigenvalue weighted by molar-refractivity contribution is 7.26. The first-order chi connectivity index (χ1) is 22.8. The van der Waals surface area contributed by atoms with Gasteiger partial charge in [0.25, 0.3) is 0 Å². The molecule has 1 nitrogen and oxygen atoms in total. The van der Waals surface area contributed by atoms with Crippen LogP contribution in [-0.4, -0.2) is 0 Å². The van der Waals surface area contributed by atoms with Crippen LogP contribution in [0.2, 0.25) is 0 Å². The van der Waals surface area contributed by atoms with Crippen molar-refractivity contribution in [2.75, 3.05) is 0 Å². The Morgan fingerprint density at radius 2 is 0.957 bits per heavy atom. The normalized spacial score (nSPS) is 11.9. The maximum absolute atomic E-state index is 6.92. The van der Waals surface area contributed by atoms with E-state index in [-0.39, 0.29) is 0 Å². The van der Waals surface area contributed by atoms with E-state index in [9.17, 15) is 0 Å². The standard InChI is InChI=1S/C44H26OS/c1-2-14-28(15-3-1)39-26-38-43(45-39)37(25-36-30-18-10-11-24-40(30)46-44(36)38)42-34-21-8-6-19-32(34)41(33-20-7-9-22-35(33)42)31-23-12-16-27-13-4-5-17-29(27)31/h1-26H. The molecule has 0 aliphatic rings. The van der Waals surface area contributed by atoms with E-state index in [0.717, 1.165) is 22.5 Å². The molecular weight excluding hydrogens is 577 g/mol. The summed E-state index contributed by atoms with van der Waals surface area (Å²) >= 11 is 1.85. The summed E-state index contributed by atoms with van der Waals surface area (Å²) in [5.41, 5.74) is 6.89. The smallest absolute Gasteiger partial charge is 0.144 e. The summed E-state index contributed by atoms with van der Waals surface area (Å²) in [5, 5.41) is 11.2. The molecule has 0 unspecified atom stereocenters. The Kier molecular flexibility index (Phi) is 5.51. The molecule has 2 heterocycles. The van der Waals surface area contributed by atoms with Crippen molar-refractivity contribution < 1.29 is 4.42 Å². The van der Waals surface area contributed by atoms with Crippen molar-refractivity contribution in [3.63, 3.8) is 0 Å². The molecule has 214 valence electrons. The summed E-state index contributed by atoms with van der Waals surface area (Å²) in [7, 11) is 0. The number of hydrogen-bond acceptors (Lipinski definition) is 2. The van der Waals surface area contributed by atoms with E-state index in [4.69, 9.17) is 4.42 Å². The average molecular weight is 603 g/mol. The van der Waals surface area contributed by atoms with Gasteiger partial charge in [-0.3, -0.25) is 0 Å². The average Bonchev–Trinajstić information content (AvgIpc) is 3.73. The van der Waals surface area contributed by atoms with Crippen LogP contribution in [0.4, 0.5) is 0 Å². The van der Waals surface area contributed by atoms with Gasteiger partial charge in [-0.05, 0) is 61.6 Å². The van der Waals surface area contributed by atoms with Gasteiger partial charge < -0.3 is 4.42 Å². The zero-order valence-corrected chi connectivity index (χ0v) is 25.6. The molecule has 10 rings (SSSR count). The third-order valence-electron chi connectivity index (χ3n) is 9.46. The zero-order chi connectivity index (χ0) is 30.2. The first-order valence-electron chi connectivity index (χ1n) is 15.7. The third-order valence-corrected chi connectivity index (χ3v) is 10.7. The van der Waals surface area contributed by atoms with Crippen LogP contribution in [0.3, 0.4) is 0 Å². The van der Waals surface area contributed by atoms with Crippen LogP contribution in [0.15, 0.2) is 162 Å². The number of furan rings is 1. The minimum Gasteiger partial charge on any atom is -0.455 e. The second-order valence-corrected chi connectivity index (χ2v) is 13.0.